The van der Waals surface area contributed by atoms with Crippen LogP contribution in [-0.2, 0) is 11.3 Å². The highest BCUT2D eigenvalue weighted by molar-refractivity contribution is 5.39. The predicted molar refractivity (Wildman–Crippen MR) is 76.2 cm³/mol. The lowest BCUT2D eigenvalue weighted by molar-refractivity contribution is 0.156. The number of rotatable bonds is 4. The largest absolute Gasteiger partial charge is 0.474 e. The zero-order valence-electron chi connectivity index (χ0n) is 11.6. The van der Waals surface area contributed by atoms with Crippen molar-refractivity contribution in [2.75, 3.05) is 0 Å². The predicted octanol–water partition coefficient (Wildman–Crippen LogP) is 2.24. The summed E-state index contributed by atoms with van der Waals surface area (Å²) in [5, 5.41) is 22.1. The topological polar surface area (TPSA) is 65.3 Å². The molecule has 1 heterocycles. The van der Waals surface area contributed by atoms with Gasteiger partial charge in [-0.25, -0.2) is 0 Å². The summed E-state index contributed by atoms with van der Waals surface area (Å²) in [6.45, 7) is 3.80. The number of ether oxygens (including phenoxy) is 1. The molecule has 2 unspecified atom stereocenters. The molecule has 0 radical (unpaired) electrons. The van der Waals surface area contributed by atoms with Gasteiger partial charge in [0, 0.05) is 0 Å². The average Bonchev–Trinajstić information content (AvgIpc) is 2.46. The summed E-state index contributed by atoms with van der Waals surface area (Å²) < 4.78 is 5.67. The minimum Gasteiger partial charge on any atom is -0.474 e. The van der Waals surface area contributed by atoms with Gasteiger partial charge >= 0.3 is 0 Å². The molecule has 0 aliphatic carbocycles. The maximum atomic E-state index is 9.71. The van der Waals surface area contributed by atoms with Crippen LogP contribution in [-0.4, -0.2) is 16.7 Å². The third-order valence-corrected chi connectivity index (χ3v) is 3.28. The van der Waals surface area contributed by atoms with Crippen LogP contribution in [0.1, 0.15) is 19.4 Å². The van der Waals surface area contributed by atoms with Gasteiger partial charge < -0.3 is 15.2 Å². The fourth-order valence-corrected chi connectivity index (χ4v) is 2.16. The second kappa shape index (κ2) is 5.81. The van der Waals surface area contributed by atoms with Crippen molar-refractivity contribution < 1.29 is 9.84 Å². The highest BCUT2D eigenvalue weighted by Gasteiger charge is 2.34. The maximum Gasteiger partial charge on any atom is 0.188 e. The highest BCUT2D eigenvalue weighted by Crippen LogP contribution is 2.25. The number of dihydropyridines is 1. The van der Waals surface area contributed by atoms with Crippen LogP contribution in [0.15, 0.2) is 53.9 Å². The molecule has 0 spiro atoms. The minimum atomic E-state index is -0.949. The number of nitrogens with one attached hydrogen (secondary N) is 1. The molecule has 4 nitrogen and oxygen atoms in total. The van der Waals surface area contributed by atoms with Crippen LogP contribution in [0, 0.1) is 11.3 Å². The molecule has 0 saturated heterocycles. The first kappa shape index (κ1) is 14.2. The van der Waals surface area contributed by atoms with E-state index < -0.39 is 11.6 Å². The van der Waals surface area contributed by atoms with Crippen molar-refractivity contribution in [1.29, 1.82) is 5.26 Å². The number of nitrogens with zero attached hydrogens (tertiary/aromatic N) is 1. The molecule has 2 N–H and O–H groups in total. The molecule has 1 aromatic carbocycles. The first-order valence-corrected chi connectivity index (χ1v) is 6.52. The minimum absolute atomic E-state index is 0.430. The van der Waals surface area contributed by atoms with Gasteiger partial charge in [0.2, 0.25) is 0 Å². The molecule has 2 atom stereocenters. The number of nitriles is 1. The van der Waals surface area contributed by atoms with Crippen LogP contribution in [0.2, 0.25) is 0 Å². The zero-order valence-corrected chi connectivity index (χ0v) is 11.6. The third-order valence-electron chi connectivity index (χ3n) is 3.28. The molecule has 104 valence electrons. The summed E-state index contributed by atoms with van der Waals surface area (Å²) in [6.07, 6.45) is 2.80. The SMILES string of the molecule is CC(O)C1=CC=C(OCc2ccccc2)NC1(C)C#N. The molecule has 0 bridgehead atoms. The Morgan fingerprint density at radius 3 is 2.65 bits per heavy atom. The van der Waals surface area contributed by atoms with E-state index in [9.17, 15) is 10.4 Å². The van der Waals surface area contributed by atoms with Crippen molar-refractivity contribution in [3.63, 3.8) is 0 Å². The molecule has 0 fully saturated rings. The lowest BCUT2D eigenvalue weighted by atomic mass is 9.87. The van der Waals surface area contributed by atoms with Crippen LogP contribution in [0.5, 0.6) is 0 Å². The molecule has 1 aliphatic rings. The Morgan fingerprint density at radius 1 is 1.35 bits per heavy atom. The fourth-order valence-electron chi connectivity index (χ4n) is 2.16. The molecule has 4 heteroatoms. The van der Waals surface area contributed by atoms with E-state index in [2.05, 4.69) is 11.4 Å². The Kier molecular flexibility index (Phi) is 4.11. The van der Waals surface area contributed by atoms with Crippen molar-refractivity contribution >= 4 is 0 Å². The van der Waals surface area contributed by atoms with Crippen molar-refractivity contribution in [3.05, 3.63) is 59.5 Å². The van der Waals surface area contributed by atoms with E-state index in [1.807, 2.05) is 30.3 Å². The maximum absolute atomic E-state index is 9.71. The van der Waals surface area contributed by atoms with E-state index in [1.54, 1.807) is 26.0 Å². The number of hydrogen-bond donors (Lipinski definition) is 2. The summed E-state index contributed by atoms with van der Waals surface area (Å²) in [4.78, 5) is 0. The Hall–Kier alpha value is -2.25. The molecule has 0 amide bonds. The number of allylic oxidation sites excluding steroid dienone is 2. The van der Waals surface area contributed by atoms with Crippen LogP contribution in [0.4, 0.5) is 0 Å². The van der Waals surface area contributed by atoms with Gasteiger partial charge in [-0.05, 0) is 31.1 Å². The Labute approximate surface area is 119 Å². The van der Waals surface area contributed by atoms with E-state index >= 15 is 0 Å². The monoisotopic (exact) mass is 270 g/mol. The summed E-state index contributed by atoms with van der Waals surface area (Å²) in [7, 11) is 0. The van der Waals surface area contributed by atoms with Crippen molar-refractivity contribution in [1.82, 2.24) is 5.32 Å². The van der Waals surface area contributed by atoms with E-state index in [0.717, 1.165) is 5.56 Å². The summed E-state index contributed by atoms with van der Waals surface area (Å²) >= 11 is 0. The lowest BCUT2D eigenvalue weighted by Gasteiger charge is -2.32. The van der Waals surface area contributed by atoms with Gasteiger partial charge in [0.1, 0.15) is 12.1 Å². The molecule has 0 aromatic heterocycles. The van der Waals surface area contributed by atoms with Crippen molar-refractivity contribution in [2.45, 2.75) is 32.1 Å². The van der Waals surface area contributed by atoms with Crippen molar-refractivity contribution in [3.8, 4) is 6.07 Å². The second-order valence-electron chi connectivity index (χ2n) is 4.96. The lowest BCUT2D eigenvalue weighted by Crippen LogP contribution is -2.47. The standard InChI is InChI=1S/C16H18N2O2/c1-12(19)14-8-9-15(18-16(14,2)11-17)20-10-13-6-4-3-5-7-13/h3-9,12,18-19H,10H2,1-2H3. The number of aliphatic hydroxyl groups excluding tert-OH is 1. The van der Waals surface area contributed by atoms with Crippen LogP contribution >= 0.6 is 0 Å². The zero-order chi connectivity index (χ0) is 14.6. The van der Waals surface area contributed by atoms with Gasteiger partial charge in [-0.3, -0.25) is 0 Å². The molecule has 2 rings (SSSR count). The quantitative estimate of drug-likeness (QED) is 0.880. The Balaban J connectivity index is 2.09. The number of benzene rings is 1. The van der Waals surface area contributed by atoms with E-state index in [1.165, 1.54) is 0 Å². The first-order valence-electron chi connectivity index (χ1n) is 6.52. The van der Waals surface area contributed by atoms with Crippen LogP contribution in [0.25, 0.3) is 0 Å². The highest BCUT2D eigenvalue weighted by atomic mass is 16.5. The molecular weight excluding hydrogens is 252 g/mol. The van der Waals surface area contributed by atoms with Crippen LogP contribution < -0.4 is 5.32 Å². The third kappa shape index (κ3) is 3.01. The molecule has 20 heavy (non-hydrogen) atoms. The first-order chi connectivity index (χ1) is 9.55. The summed E-state index contributed by atoms with van der Waals surface area (Å²) in [5.74, 6) is 0.530. The normalized spacial score (nSPS) is 22.9. The molecule has 0 saturated carbocycles. The fraction of sp³-hybridized carbons (Fsp3) is 0.312. The smallest absolute Gasteiger partial charge is 0.188 e. The number of aliphatic hydroxyl groups is 1. The van der Waals surface area contributed by atoms with Gasteiger partial charge in [-0.15, -0.1) is 0 Å². The van der Waals surface area contributed by atoms with Gasteiger partial charge in [0.25, 0.3) is 0 Å². The molecular formula is C16H18N2O2. The van der Waals surface area contributed by atoms with Crippen LogP contribution in [0.3, 0.4) is 0 Å². The summed E-state index contributed by atoms with van der Waals surface area (Å²) in [6, 6.07) is 12.0. The second-order valence-corrected chi connectivity index (χ2v) is 4.96. The van der Waals surface area contributed by atoms with E-state index in [-0.39, 0.29) is 0 Å². The number of hydrogen-bond acceptors (Lipinski definition) is 4. The van der Waals surface area contributed by atoms with Crippen molar-refractivity contribution in [2.24, 2.45) is 0 Å². The Morgan fingerprint density at radius 2 is 2.05 bits per heavy atom. The Bertz CT molecular complexity index is 570. The van der Waals surface area contributed by atoms with Gasteiger partial charge in [-0.2, -0.15) is 5.26 Å². The van der Waals surface area contributed by atoms with E-state index in [4.69, 9.17) is 4.74 Å². The molecule has 1 aliphatic heterocycles. The van der Waals surface area contributed by atoms with Gasteiger partial charge in [-0.1, -0.05) is 36.4 Å². The van der Waals surface area contributed by atoms with Gasteiger partial charge in [0.05, 0.1) is 12.2 Å². The summed E-state index contributed by atoms with van der Waals surface area (Å²) in [5.41, 5.74) is 0.737. The molecule has 1 aromatic rings. The van der Waals surface area contributed by atoms with E-state index in [0.29, 0.717) is 18.1 Å². The average molecular weight is 270 g/mol. The van der Waals surface area contributed by atoms with Gasteiger partial charge in [0.15, 0.2) is 5.88 Å².